The number of aromatic amines is 1. The van der Waals surface area contributed by atoms with Crippen LogP contribution < -0.4 is 20.3 Å². The molecule has 456 valence electrons. The number of carbonyl (C=O) groups is 5. The SMILES string of the molecule is Cc1cc(Cl)cc(-c2ccnc3cc(CN4C(=O)C5CC5C4=O)sc23)c1CN1[C@@H](C)CN(Cc2cnn(CCCNC(=O)c3ccc(Cn4cc(CCc5ccc(Cc6nc(C(=O)N[C@H]7COc8ccccc8N(C)C7=O)n[nH]6)cc5)cn4)nn3)c2)C[C@@H]1C. The highest BCUT2D eigenvalue weighted by molar-refractivity contribution is 7.19. The minimum Gasteiger partial charge on any atom is -0.489 e. The molecule has 6 aromatic heterocycles. The van der Waals surface area contributed by atoms with Gasteiger partial charge in [-0.2, -0.15) is 15.3 Å². The highest BCUT2D eigenvalue weighted by Gasteiger charge is 2.58. The average molecular weight is 1240 g/mol. The van der Waals surface area contributed by atoms with Gasteiger partial charge in [0.25, 0.3) is 17.7 Å². The summed E-state index contributed by atoms with van der Waals surface area (Å²) in [5.74, 6) is -0.464. The smallest absolute Gasteiger partial charge is 0.291 e. The van der Waals surface area contributed by atoms with Gasteiger partial charge in [-0.25, -0.2) is 4.98 Å². The van der Waals surface area contributed by atoms with Gasteiger partial charge < -0.3 is 20.3 Å². The lowest BCUT2D eigenvalue weighted by molar-refractivity contribution is -0.142. The third-order valence-electron chi connectivity index (χ3n) is 17.3. The summed E-state index contributed by atoms with van der Waals surface area (Å²) in [4.78, 5) is 82.8. The molecule has 9 aromatic rings. The van der Waals surface area contributed by atoms with Gasteiger partial charge in [0.1, 0.15) is 24.2 Å². The van der Waals surface area contributed by atoms with Crippen LogP contribution in [0.25, 0.3) is 21.3 Å². The first-order chi connectivity index (χ1) is 43.1. The number of amides is 5. The van der Waals surface area contributed by atoms with E-state index in [1.54, 1.807) is 42.6 Å². The van der Waals surface area contributed by atoms with Crippen molar-refractivity contribution in [1.82, 2.24) is 75.3 Å². The summed E-state index contributed by atoms with van der Waals surface area (Å²) in [5.41, 5.74) is 11.2. The highest BCUT2D eigenvalue weighted by atomic mass is 35.5. The van der Waals surface area contributed by atoms with Crippen molar-refractivity contribution in [2.75, 3.05) is 38.2 Å². The number of likely N-dealkylation sites (N-methyl/N-ethyl adjacent to an activating group) is 1. The molecule has 5 atom stereocenters. The number of H-pyrrole nitrogens is 1. The molecule has 22 nitrogen and oxygen atoms in total. The fraction of sp³-hybridized carbons (Fsp3) is 0.354. The van der Waals surface area contributed by atoms with Gasteiger partial charge in [0.15, 0.2) is 5.69 Å². The Morgan fingerprint density at radius 3 is 2.34 bits per heavy atom. The van der Waals surface area contributed by atoms with Crippen LogP contribution in [0.4, 0.5) is 5.69 Å². The van der Waals surface area contributed by atoms with Gasteiger partial charge in [0, 0.05) is 104 Å². The van der Waals surface area contributed by atoms with Gasteiger partial charge in [0.2, 0.25) is 17.6 Å². The highest BCUT2D eigenvalue weighted by Crippen LogP contribution is 2.48. The molecule has 89 heavy (non-hydrogen) atoms. The Bertz CT molecular complexity index is 4110. The third kappa shape index (κ3) is 13.0. The standard InChI is InChI=1S/C65H67ClN16O6S/c1-38-22-45(66)24-49(48-18-20-67-54-25-47(89-59(48)54)35-82-63(85)50-26-51(50)64(82)86)52(38)36-81-39(2)29-78(30-40(81)3)31-44-28-69-79(33-44)21-7-19-68-61(83)53-17-16-46(73-74-53)34-80-32-43(27-70-80)15-12-41-10-13-42(14-11-41)23-58-72-60(76-75-58)62(84)71-55-37-88-57-9-6-5-8-56(57)77(4)65(55)87/h5-6,8-11,13-14,16-18,20,22,24-25,27-28,32-33,39-40,50-51,55H,7,12,15,19,21,23,26,29-31,34-37H2,1-4H3,(H,68,83)(H,71,84)(H,72,75,76)/t39-,40-,50?,51?,55-/m0/s1. The van der Waals surface area contributed by atoms with E-state index < -0.39 is 11.9 Å². The van der Waals surface area contributed by atoms with Crippen molar-refractivity contribution >= 4 is 68.4 Å². The molecule has 4 aliphatic rings. The molecule has 3 fully saturated rings. The number of halogens is 1. The number of fused-ring (bicyclic) bond motifs is 3. The number of anilines is 1. The van der Waals surface area contributed by atoms with Crippen LogP contribution in [0.5, 0.6) is 5.75 Å². The fourth-order valence-electron chi connectivity index (χ4n) is 12.5. The van der Waals surface area contributed by atoms with Crippen LogP contribution in [0.1, 0.15) is 97.6 Å². The summed E-state index contributed by atoms with van der Waals surface area (Å²) >= 11 is 8.37. The number of nitrogens with one attached hydrogen (secondary N) is 3. The number of carbonyl (C=O) groups excluding carboxylic acids is 5. The number of piperazine rings is 1. The lowest BCUT2D eigenvalue weighted by atomic mass is 9.94. The minimum atomic E-state index is -0.900. The largest absolute Gasteiger partial charge is 0.489 e. The van der Waals surface area contributed by atoms with E-state index in [1.165, 1.54) is 15.4 Å². The van der Waals surface area contributed by atoms with Crippen LogP contribution in [-0.4, -0.2) is 146 Å². The number of para-hydroxylation sites is 2. The second-order valence-corrected chi connectivity index (χ2v) is 25.4. The Morgan fingerprint density at radius 2 is 1.54 bits per heavy atom. The average Bonchev–Trinajstić information content (AvgIpc) is 1.67. The van der Waals surface area contributed by atoms with Crippen LogP contribution in [0.3, 0.4) is 0 Å². The molecular weight excluding hydrogens is 1170 g/mol. The molecule has 2 saturated heterocycles. The van der Waals surface area contributed by atoms with Crippen molar-refractivity contribution in [2.24, 2.45) is 11.8 Å². The van der Waals surface area contributed by atoms with Crippen molar-refractivity contribution in [1.29, 1.82) is 0 Å². The van der Waals surface area contributed by atoms with Gasteiger partial charge >= 0.3 is 0 Å². The normalized spacial score (nSPS) is 19.3. The van der Waals surface area contributed by atoms with E-state index >= 15 is 0 Å². The molecule has 0 bridgehead atoms. The molecule has 9 heterocycles. The number of imide groups is 1. The molecule has 2 unspecified atom stereocenters. The van der Waals surface area contributed by atoms with Gasteiger partial charge in [-0.3, -0.25) is 58.1 Å². The topological polar surface area (TPSA) is 247 Å². The number of rotatable bonds is 21. The van der Waals surface area contributed by atoms with E-state index in [4.69, 9.17) is 21.3 Å². The summed E-state index contributed by atoms with van der Waals surface area (Å²) in [6.45, 7) is 11.8. The second kappa shape index (κ2) is 25.2. The summed E-state index contributed by atoms with van der Waals surface area (Å²) in [5, 5.41) is 31.1. The molecule has 3 aromatic carbocycles. The van der Waals surface area contributed by atoms with Crippen LogP contribution in [0.2, 0.25) is 5.02 Å². The zero-order valence-corrected chi connectivity index (χ0v) is 51.4. The third-order valence-corrected chi connectivity index (χ3v) is 18.6. The number of ether oxygens (including phenoxy) is 1. The van der Waals surface area contributed by atoms with Gasteiger partial charge in [-0.1, -0.05) is 48.0 Å². The predicted molar refractivity (Wildman–Crippen MR) is 334 cm³/mol. The number of aromatic nitrogens is 10. The van der Waals surface area contributed by atoms with E-state index in [0.29, 0.717) is 66.9 Å². The Labute approximate surface area is 522 Å². The molecular formula is C65H67ClN16O6S. The lowest BCUT2D eigenvalue weighted by Crippen LogP contribution is -2.55. The van der Waals surface area contributed by atoms with Crippen molar-refractivity contribution in [2.45, 2.75) is 104 Å². The van der Waals surface area contributed by atoms with Crippen molar-refractivity contribution in [3.63, 3.8) is 0 Å². The number of benzene rings is 3. The van der Waals surface area contributed by atoms with Crippen LogP contribution in [0.15, 0.2) is 116 Å². The Morgan fingerprint density at radius 1 is 0.787 bits per heavy atom. The Balaban J connectivity index is 0.525. The number of piperidine rings is 1. The quantitative estimate of drug-likeness (QED) is 0.0475. The molecule has 24 heteroatoms. The maximum atomic E-state index is 13.1. The number of likely N-dealkylation sites (tertiary alicyclic amines) is 1. The Kier molecular flexibility index (Phi) is 16.7. The number of hydrogen-bond donors (Lipinski definition) is 3. The van der Waals surface area contributed by atoms with Crippen molar-refractivity contribution in [3.05, 3.63) is 182 Å². The molecule has 3 N–H and O–H groups in total. The maximum Gasteiger partial charge on any atom is 0.291 e. The van der Waals surface area contributed by atoms with Crippen LogP contribution >= 0.6 is 22.9 Å². The first kappa shape index (κ1) is 59.0. The first-order valence-corrected chi connectivity index (χ1v) is 31.3. The van der Waals surface area contributed by atoms with Gasteiger partial charge in [0.05, 0.1) is 58.9 Å². The maximum absolute atomic E-state index is 13.1. The summed E-state index contributed by atoms with van der Waals surface area (Å²) in [7, 11) is 1.65. The van der Waals surface area contributed by atoms with Crippen LogP contribution in [0, 0.1) is 18.8 Å². The zero-order chi connectivity index (χ0) is 61.4. The summed E-state index contributed by atoms with van der Waals surface area (Å²) < 4.78 is 10.6. The first-order valence-electron chi connectivity index (χ1n) is 30.1. The van der Waals surface area contributed by atoms with Gasteiger partial charge in [-0.05, 0) is 128 Å². The monoisotopic (exact) mass is 1230 g/mol. The number of hydrogen-bond acceptors (Lipinski definition) is 16. The number of thiophene rings is 1. The van der Waals surface area contributed by atoms with E-state index in [1.807, 2.05) is 70.5 Å². The predicted octanol–water partition coefficient (Wildman–Crippen LogP) is 7.22. The number of nitrogens with zero attached hydrogens (tertiary/aromatic N) is 13. The fourth-order valence-corrected chi connectivity index (χ4v) is 13.9. The van der Waals surface area contributed by atoms with E-state index in [9.17, 15) is 24.0 Å². The van der Waals surface area contributed by atoms with Crippen molar-refractivity contribution < 1.29 is 28.7 Å². The molecule has 0 radical (unpaired) electrons. The molecule has 13 rings (SSSR count). The Hall–Kier alpha value is -9.03. The molecule has 1 saturated carbocycles. The summed E-state index contributed by atoms with van der Waals surface area (Å²) in [6, 6.07) is 26.7. The number of aryl methyl sites for hydroxylation is 4. The van der Waals surface area contributed by atoms with Gasteiger partial charge in [-0.15, -0.1) is 21.5 Å². The second-order valence-electron chi connectivity index (χ2n) is 23.8. The molecule has 0 spiro atoms. The minimum absolute atomic E-state index is 0.0122. The number of pyridine rings is 1. The molecule has 1 aliphatic carbocycles. The summed E-state index contributed by atoms with van der Waals surface area (Å²) in [6.07, 6.45) is 13.1. The molecule has 5 amide bonds. The van der Waals surface area contributed by atoms with E-state index in [0.717, 1.165) is 93.1 Å². The van der Waals surface area contributed by atoms with E-state index in [2.05, 4.69) is 107 Å². The van der Waals surface area contributed by atoms with Crippen molar-refractivity contribution in [3.8, 4) is 16.9 Å². The molecule has 3 aliphatic heterocycles. The zero-order valence-electron chi connectivity index (χ0n) is 49.8. The lowest BCUT2D eigenvalue weighted by Gasteiger charge is -2.45. The van der Waals surface area contributed by atoms with E-state index in [-0.39, 0.29) is 72.2 Å². The van der Waals surface area contributed by atoms with Crippen LogP contribution in [-0.2, 0) is 66.4 Å².